The number of rotatable bonds is 6. The molecule has 4 N–H and O–H groups in total. The Labute approximate surface area is 213 Å². The molecule has 0 aliphatic carbocycles. The number of carbonyl (C=O) groups excluding carboxylic acids is 1. The highest BCUT2D eigenvalue weighted by Crippen LogP contribution is 2.27. The minimum Gasteiger partial charge on any atom is -0.406 e. The van der Waals surface area contributed by atoms with Gasteiger partial charge in [0, 0.05) is 16.9 Å². The number of nitrogen functional groups attached to an aromatic ring is 1. The van der Waals surface area contributed by atoms with Crippen LogP contribution in [0.3, 0.4) is 0 Å². The molecule has 2 aromatic heterocycles. The van der Waals surface area contributed by atoms with Gasteiger partial charge in [-0.2, -0.15) is 15.0 Å². The number of aromatic nitrogens is 5. The zero-order valence-electron chi connectivity index (χ0n) is 19.7. The molecule has 0 spiro atoms. The summed E-state index contributed by atoms with van der Waals surface area (Å²) in [4.78, 5) is 29.8. The molecule has 0 bridgehead atoms. The van der Waals surface area contributed by atoms with Gasteiger partial charge in [0.25, 0.3) is 5.91 Å². The second kappa shape index (κ2) is 9.69. The largest absolute Gasteiger partial charge is 0.573 e. The number of amides is 1. The number of halogens is 3. The third kappa shape index (κ3) is 5.46. The van der Waals surface area contributed by atoms with Gasteiger partial charge in [-0.05, 0) is 67.6 Å². The second-order valence-corrected chi connectivity index (χ2v) is 8.03. The van der Waals surface area contributed by atoms with E-state index in [9.17, 15) is 18.0 Å². The molecule has 0 aliphatic rings. The summed E-state index contributed by atoms with van der Waals surface area (Å²) in [6.45, 7) is 1.71. The number of alkyl halides is 3. The van der Waals surface area contributed by atoms with Crippen LogP contribution >= 0.6 is 0 Å². The summed E-state index contributed by atoms with van der Waals surface area (Å²) < 4.78 is 42.5. The molecule has 0 unspecified atom stereocenters. The van der Waals surface area contributed by atoms with Crippen LogP contribution in [0.4, 0.5) is 36.4 Å². The lowest BCUT2D eigenvalue weighted by molar-refractivity contribution is -0.274. The van der Waals surface area contributed by atoms with E-state index in [-0.39, 0.29) is 11.5 Å². The van der Waals surface area contributed by atoms with Crippen molar-refractivity contribution in [1.82, 2.24) is 24.5 Å². The first kappa shape index (κ1) is 24.5. The first-order valence-electron chi connectivity index (χ1n) is 11.1. The van der Waals surface area contributed by atoms with Crippen LogP contribution in [0.25, 0.3) is 17.0 Å². The van der Waals surface area contributed by atoms with E-state index in [2.05, 4.69) is 35.3 Å². The highest BCUT2D eigenvalue weighted by Gasteiger charge is 2.31. The number of ether oxygens (including phenoxy) is 1. The van der Waals surface area contributed by atoms with E-state index in [1.165, 1.54) is 12.1 Å². The highest BCUT2D eigenvalue weighted by atomic mass is 19.4. The van der Waals surface area contributed by atoms with Crippen LogP contribution in [0.2, 0.25) is 0 Å². The Morgan fingerprint density at radius 2 is 1.58 bits per heavy atom. The predicted molar refractivity (Wildman–Crippen MR) is 134 cm³/mol. The van der Waals surface area contributed by atoms with E-state index in [0.717, 1.165) is 17.6 Å². The van der Waals surface area contributed by atoms with Gasteiger partial charge < -0.3 is 21.1 Å². The van der Waals surface area contributed by atoms with Gasteiger partial charge in [0.1, 0.15) is 11.6 Å². The van der Waals surface area contributed by atoms with E-state index in [1.807, 2.05) is 24.3 Å². The Kier molecular flexibility index (Phi) is 6.24. The molecule has 1 amide bonds. The second-order valence-electron chi connectivity index (χ2n) is 8.03. The molecule has 2 heterocycles. The van der Waals surface area contributed by atoms with Gasteiger partial charge in [-0.1, -0.05) is 12.1 Å². The maximum atomic E-state index is 12.5. The number of hydrogen-bond acceptors (Lipinski definition) is 8. The van der Waals surface area contributed by atoms with E-state index in [1.54, 1.807) is 35.8 Å². The molecule has 0 aliphatic heterocycles. The van der Waals surface area contributed by atoms with Crippen molar-refractivity contribution in [2.24, 2.45) is 0 Å². The van der Waals surface area contributed by atoms with Crippen LogP contribution in [-0.2, 0) is 0 Å². The van der Waals surface area contributed by atoms with Crippen molar-refractivity contribution in [3.05, 3.63) is 84.2 Å². The number of hydrogen-bond donors (Lipinski definition) is 3. The number of fused-ring (bicyclic) bond motifs is 1. The average Bonchev–Trinajstić information content (AvgIpc) is 3.22. The van der Waals surface area contributed by atoms with Gasteiger partial charge in [0.15, 0.2) is 0 Å². The van der Waals surface area contributed by atoms with Crippen LogP contribution in [0.15, 0.2) is 72.8 Å². The molecule has 10 nitrogen and oxygen atoms in total. The number of para-hydroxylation sites is 2. The van der Waals surface area contributed by atoms with Crippen molar-refractivity contribution in [3.63, 3.8) is 0 Å². The van der Waals surface area contributed by atoms with Crippen molar-refractivity contribution in [2.75, 3.05) is 16.4 Å². The minimum absolute atomic E-state index is 0.0823. The summed E-state index contributed by atoms with van der Waals surface area (Å²) >= 11 is 0. The fourth-order valence-corrected chi connectivity index (χ4v) is 3.68. The van der Waals surface area contributed by atoms with E-state index in [0.29, 0.717) is 34.6 Å². The standard InChI is InChI=1S/C25H19F3N8O2/c1-14-30-22(29)35-23(31-14)36-20-5-3-2-4-19(20)34-24(36)33-17-10-8-16(9-11-17)32-21(37)15-6-12-18(13-7-15)38-25(26,27)28/h2-13H,1H3,(H,32,37)(H,33,34)(H2,29,30,31,35). The molecular formula is C25H19F3N8O2. The van der Waals surface area contributed by atoms with Gasteiger partial charge in [0.2, 0.25) is 17.8 Å². The van der Waals surface area contributed by atoms with E-state index >= 15 is 0 Å². The molecule has 13 heteroatoms. The third-order valence-electron chi connectivity index (χ3n) is 5.26. The van der Waals surface area contributed by atoms with Gasteiger partial charge in [-0.3, -0.25) is 4.79 Å². The molecule has 5 aromatic rings. The lowest BCUT2D eigenvalue weighted by Crippen LogP contribution is -2.17. The SMILES string of the molecule is Cc1nc(N)nc(-n2c(Nc3ccc(NC(=O)c4ccc(OC(F)(F)F)cc4)cc3)nc3ccccc32)n1. The maximum absolute atomic E-state index is 12.5. The molecule has 192 valence electrons. The summed E-state index contributed by atoms with van der Waals surface area (Å²) in [7, 11) is 0. The zero-order chi connectivity index (χ0) is 26.9. The molecule has 0 radical (unpaired) electrons. The Balaban J connectivity index is 1.34. The maximum Gasteiger partial charge on any atom is 0.573 e. The van der Waals surface area contributed by atoms with Crippen LogP contribution in [0.1, 0.15) is 16.2 Å². The van der Waals surface area contributed by atoms with Crippen LogP contribution < -0.4 is 21.1 Å². The smallest absolute Gasteiger partial charge is 0.406 e. The lowest BCUT2D eigenvalue weighted by Gasteiger charge is -2.11. The number of nitrogens with zero attached hydrogens (tertiary/aromatic N) is 5. The van der Waals surface area contributed by atoms with Crippen LogP contribution in [0.5, 0.6) is 5.75 Å². The Bertz CT molecular complexity index is 1600. The number of imidazole rings is 1. The summed E-state index contributed by atoms with van der Waals surface area (Å²) in [6.07, 6.45) is -4.80. The van der Waals surface area contributed by atoms with Gasteiger partial charge >= 0.3 is 6.36 Å². The van der Waals surface area contributed by atoms with E-state index < -0.39 is 18.0 Å². The Morgan fingerprint density at radius 3 is 2.26 bits per heavy atom. The van der Waals surface area contributed by atoms with Crippen molar-refractivity contribution < 1.29 is 22.7 Å². The van der Waals surface area contributed by atoms with Gasteiger partial charge in [-0.25, -0.2) is 9.55 Å². The fourth-order valence-electron chi connectivity index (χ4n) is 3.68. The molecule has 0 saturated carbocycles. The first-order valence-corrected chi connectivity index (χ1v) is 11.1. The summed E-state index contributed by atoms with van der Waals surface area (Å²) in [5, 5.41) is 5.93. The quantitative estimate of drug-likeness (QED) is 0.285. The number of nitrogens with two attached hydrogens (primary N) is 1. The first-order chi connectivity index (χ1) is 18.1. The number of anilines is 4. The van der Waals surface area contributed by atoms with Crippen molar-refractivity contribution in [3.8, 4) is 11.7 Å². The van der Waals surface area contributed by atoms with Crippen molar-refractivity contribution in [1.29, 1.82) is 0 Å². The fraction of sp³-hybridized carbons (Fsp3) is 0.0800. The van der Waals surface area contributed by atoms with Crippen LogP contribution in [0, 0.1) is 6.92 Å². The molecule has 0 fully saturated rings. The Morgan fingerprint density at radius 1 is 0.895 bits per heavy atom. The molecule has 38 heavy (non-hydrogen) atoms. The number of benzene rings is 3. The van der Waals surface area contributed by atoms with Crippen molar-refractivity contribution in [2.45, 2.75) is 13.3 Å². The van der Waals surface area contributed by atoms with Gasteiger partial charge in [0.05, 0.1) is 11.0 Å². The summed E-state index contributed by atoms with van der Waals surface area (Å²) in [6, 6.07) is 18.9. The molecule has 0 saturated heterocycles. The van der Waals surface area contributed by atoms with Crippen molar-refractivity contribution >= 4 is 40.2 Å². The zero-order valence-corrected chi connectivity index (χ0v) is 19.7. The highest BCUT2D eigenvalue weighted by molar-refractivity contribution is 6.04. The molecule has 0 atom stereocenters. The monoisotopic (exact) mass is 520 g/mol. The molecule has 5 rings (SSSR count). The normalized spacial score (nSPS) is 11.4. The number of aryl methyl sites for hydroxylation is 1. The summed E-state index contributed by atoms with van der Waals surface area (Å²) in [5.41, 5.74) is 8.62. The third-order valence-corrected chi connectivity index (χ3v) is 5.26. The average molecular weight is 520 g/mol. The predicted octanol–water partition coefficient (Wildman–Crippen LogP) is 5.00. The lowest BCUT2D eigenvalue weighted by atomic mass is 10.2. The minimum atomic E-state index is -4.80. The Hall–Kier alpha value is -5.20. The number of carbonyl (C=O) groups is 1. The number of nitrogens with one attached hydrogen (secondary N) is 2. The van der Waals surface area contributed by atoms with Crippen LogP contribution in [-0.4, -0.2) is 36.8 Å². The van der Waals surface area contributed by atoms with Gasteiger partial charge in [-0.15, -0.1) is 13.2 Å². The molecular weight excluding hydrogens is 501 g/mol. The summed E-state index contributed by atoms with van der Waals surface area (Å²) in [5.74, 6) is 0.382. The van der Waals surface area contributed by atoms with E-state index in [4.69, 9.17) is 5.73 Å². The topological polar surface area (TPSA) is 133 Å². The molecule has 3 aromatic carbocycles.